The monoisotopic (exact) mass is 472 g/mol. The fraction of sp³-hybridized carbons (Fsp3) is 0.250. The van der Waals surface area contributed by atoms with Crippen LogP contribution in [0, 0.1) is 0 Å². The third kappa shape index (κ3) is 5.38. The molecule has 0 aliphatic rings. The minimum Gasteiger partial charge on any atom is -0.308 e. The molecule has 0 unspecified atom stereocenters. The Morgan fingerprint density at radius 2 is 1.68 bits per heavy atom. The topological polar surface area (TPSA) is 67.2 Å². The van der Waals surface area contributed by atoms with Gasteiger partial charge in [0.25, 0.3) is 10.0 Å². The van der Waals surface area contributed by atoms with Gasteiger partial charge in [0.1, 0.15) is 0 Å². The number of hydrogen-bond donors (Lipinski definition) is 1. The van der Waals surface area contributed by atoms with Gasteiger partial charge in [-0.15, -0.1) is 0 Å². The Labute approximate surface area is 183 Å². The first-order valence-corrected chi connectivity index (χ1v) is 11.0. The number of aromatic nitrogens is 2. The van der Waals surface area contributed by atoms with Crippen molar-refractivity contribution in [3.8, 4) is 11.1 Å². The van der Waals surface area contributed by atoms with E-state index in [1.165, 1.54) is 48.5 Å². The zero-order valence-corrected chi connectivity index (χ0v) is 18.3. The van der Waals surface area contributed by atoms with E-state index in [0.29, 0.717) is 5.02 Å². The van der Waals surface area contributed by atoms with Crippen LogP contribution < -0.4 is 4.72 Å². The van der Waals surface area contributed by atoms with Crippen LogP contribution >= 0.6 is 11.6 Å². The summed E-state index contributed by atoms with van der Waals surface area (Å²) in [6.45, 7) is 0.186. The van der Waals surface area contributed by atoms with Gasteiger partial charge in [0, 0.05) is 11.6 Å². The molecule has 3 rings (SSSR count). The first-order valence-electron chi connectivity index (χ1n) is 9.15. The van der Waals surface area contributed by atoms with E-state index in [2.05, 4.69) is 9.82 Å². The number of likely N-dealkylation sites (N-methyl/N-ethyl adjacent to an activating group) is 1. The molecule has 0 spiro atoms. The zero-order chi connectivity index (χ0) is 22.8. The van der Waals surface area contributed by atoms with E-state index in [9.17, 15) is 21.6 Å². The lowest BCUT2D eigenvalue weighted by Gasteiger charge is -2.15. The first-order chi connectivity index (χ1) is 14.5. The summed E-state index contributed by atoms with van der Waals surface area (Å²) in [5.74, 6) is -0.405. The number of sulfonamides is 1. The van der Waals surface area contributed by atoms with Crippen LogP contribution in [0.3, 0.4) is 0 Å². The van der Waals surface area contributed by atoms with E-state index in [1.54, 1.807) is 25.1 Å². The van der Waals surface area contributed by atoms with E-state index in [0.717, 1.165) is 4.68 Å². The van der Waals surface area contributed by atoms with Crippen molar-refractivity contribution in [1.29, 1.82) is 0 Å². The number of halogens is 4. The second-order valence-electron chi connectivity index (χ2n) is 7.02. The molecule has 0 fully saturated rings. The standard InChI is InChI=1S/C20H20ClF3N4O2S/c1-27(2)12-13-28-18(20(22,23)24)17(14-8-10-15(21)11-9-14)19(25-28)26-31(29,30)16-6-4-3-5-7-16/h3-11H,12-13H2,1-2H3,(H,25,26). The average Bonchev–Trinajstić information content (AvgIpc) is 3.05. The van der Waals surface area contributed by atoms with E-state index >= 15 is 0 Å². The maximum atomic E-state index is 14.1. The summed E-state index contributed by atoms with van der Waals surface area (Å²) in [5.41, 5.74) is -1.26. The highest BCUT2D eigenvalue weighted by Crippen LogP contribution is 2.42. The van der Waals surface area contributed by atoms with Crippen molar-refractivity contribution < 1.29 is 21.6 Å². The molecule has 0 saturated carbocycles. The van der Waals surface area contributed by atoms with E-state index in [4.69, 9.17) is 11.6 Å². The summed E-state index contributed by atoms with van der Waals surface area (Å²) in [7, 11) is -0.726. The lowest BCUT2D eigenvalue weighted by molar-refractivity contribution is -0.143. The summed E-state index contributed by atoms with van der Waals surface area (Å²) in [4.78, 5) is 1.62. The number of hydrogen-bond acceptors (Lipinski definition) is 4. The second-order valence-corrected chi connectivity index (χ2v) is 9.14. The average molecular weight is 473 g/mol. The predicted octanol–water partition coefficient (Wildman–Crippen LogP) is 4.58. The van der Waals surface area contributed by atoms with Gasteiger partial charge >= 0.3 is 6.18 Å². The summed E-state index contributed by atoms with van der Waals surface area (Å²) >= 11 is 5.88. The van der Waals surface area contributed by atoms with Crippen LogP contribution in [0.2, 0.25) is 5.02 Å². The lowest BCUT2D eigenvalue weighted by atomic mass is 10.1. The lowest BCUT2D eigenvalue weighted by Crippen LogP contribution is -2.23. The highest BCUT2D eigenvalue weighted by Gasteiger charge is 2.41. The maximum absolute atomic E-state index is 14.1. The van der Waals surface area contributed by atoms with Crippen molar-refractivity contribution in [2.75, 3.05) is 25.4 Å². The van der Waals surface area contributed by atoms with Crippen molar-refractivity contribution in [1.82, 2.24) is 14.7 Å². The van der Waals surface area contributed by atoms with Gasteiger partial charge in [0.05, 0.1) is 17.0 Å². The van der Waals surface area contributed by atoms with Crippen molar-refractivity contribution in [2.24, 2.45) is 0 Å². The number of rotatable bonds is 7. The normalized spacial score (nSPS) is 12.4. The van der Waals surface area contributed by atoms with Gasteiger partial charge in [-0.25, -0.2) is 8.42 Å². The molecular weight excluding hydrogens is 453 g/mol. The fourth-order valence-corrected chi connectivity index (χ4v) is 4.11. The molecule has 0 atom stereocenters. The SMILES string of the molecule is CN(C)CCn1nc(NS(=O)(=O)c2ccccc2)c(-c2ccc(Cl)cc2)c1C(F)(F)F. The van der Waals surface area contributed by atoms with Crippen LogP contribution in [0.15, 0.2) is 59.5 Å². The molecule has 0 bridgehead atoms. The van der Waals surface area contributed by atoms with Crippen molar-refractivity contribution >= 4 is 27.4 Å². The fourth-order valence-electron chi connectivity index (χ4n) is 2.95. The second kappa shape index (κ2) is 8.89. The van der Waals surface area contributed by atoms with E-state index in [1.807, 2.05) is 0 Å². The molecule has 11 heteroatoms. The maximum Gasteiger partial charge on any atom is 0.433 e. The van der Waals surface area contributed by atoms with Crippen LogP contribution in [0.4, 0.5) is 19.0 Å². The minimum atomic E-state index is -4.77. The highest BCUT2D eigenvalue weighted by atomic mass is 35.5. The van der Waals surface area contributed by atoms with Crippen molar-refractivity contribution in [3.63, 3.8) is 0 Å². The number of nitrogens with zero attached hydrogens (tertiary/aromatic N) is 3. The number of nitrogens with one attached hydrogen (secondary N) is 1. The molecule has 0 aliphatic carbocycles. The van der Waals surface area contributed by atoms with Crippen LogP contribution in [0.25, 0.3) is 11.1 Å². The molecular formula is C20H20ClF3N4O2S. The van der Waals surface area contributed by atoms with Crippen LogP contribution in [-0.2, 0) is 22.7 Å². The smallest absolute Gasteiger partial charge is 0.308 e. The first kappa shape index (κ1) is 23.1. The number of alkyl halides is 3. The largest absolute Gasteiger partial charge is 0.433 e. The zero-order valence-electron chi connectivity index (χ0n) is 16.7. The molecule has 31 heavy (non-hydrogen) atoms. The number of benzene rings is 2. The third-order valence-corrected chi connectivity index (χ3v) is 6.00. The molecule has 0 radical (unpaired) electrons. The Hall–Kier alpha value is -2.56. The van der Waals surface area contributed by atoms with Crippen LogP contribution in [-0.4, -0.2) is 43.7 Å². The molecule has 6 nitrogen and oxygen atoms in total. The quantitative estimate of drug-likeness (QED) is 0.546. The molecule has 0 saturated heterocycles. The van der Waals surface area contributed by atoms with Gasteiger partial charge in [0.2, 0.25) is 0 Å². The van der Waals surface area contributed by atoms with Gasteiger partial charge in [-0.3, -0.25) is 9.40 Å². The molecule has 1 aromatic heterocycles. The summed E-state index contributed by atoms with van der Waals surface area (Å²) in [5, 5.41) is 4.34. The van der Waals surface area contributed by atoms with Crippen LogP contribution in [0.5, 0.6) is 0 Å². The van der Waals surface area contributed by atoms with Gasteiger partial charge in [-0.1, -0.05) is 41.9 Å². The molecule has 0 amide bonds. The number of anilines is 1. The van der Waals surface area contributed by atoms with Crippen molar-refractivity contribution in [3.05, 3.63) is 65.3 Å². The molecule has 0 aliphatic heterocycles. The molecule has 166 valence electrons. The van der Waals surface area contributed by atoms with E-state index in [-0.39, 0.29) is 29.1 Å². The molecule has 1 heterocycles. The summed E-state index contributed by atoms with van der Waals surface area (Å²) in [6, 6.07) is 13.0. The molecule has 1 N–H and O–H groups in total. The Bertz CT molecular complexity index is 1150. The molecule has 3 aromatic rings. The summed E-state index contributed by atoms with van der Waals surface area (Å²) in [6.07, 6.45) is -4.77. The minimum absolute atomic E-state index is 0.0878. The van der Waals surface area contributed by atoms with Gasteiger partial charge in [-0.05, 0) is 43.9 Å². The van der Waals surface area contributed by atoms with Crippen LogP contribution in [0.1, 0.15) is 5.69 Å². The van der Waals surface area contributed by atoms with E-state index < -0.39 is 27.7 Å². The third-order valence-electron chi connectivity index (χ3n) is 4.40. The Kier molecular flexibility index (Phi) is 6.63. The van der Waals surface area contributed by atoms with Crippen molar-refractivity contribution in [2.45, 2.75) is 17.6 Å². The predicted molar refractivity (Wildman–Crippen MR) is 113 cm³/mol. The Balaban J connectivity index is 2.20. The van der Waals surface area contributed by atoms with Gasteiger partial charge in [-0.2, -0.15) is 18.3 Å². The van der Waals surface area contributed by atoms with Gasteiger partial charge < -0.3 is 4.90 Å². The molecule has 2 aromatic carbocycles. The Morgan fingerprint density at radius 3 is 2.23 bits per heavy atom. The summed E-state index contributed by atoms with van der Waals surface area (Å²) < 4.78 is 70.9. The van der Waals surface area contributed by atoms with Gasteiger partial charge in [0.15, 0.2) is 11.5 Å². The Morgan fingerprint density at radius 1 is 1.06 bits per heavy atom. The highest BCUT2D eigenvalue weighted by molar-refractivity contribution is 7.92.